The lowest BCUT2D eigenvalue weighted by Gasteiger charge is -2.26. The van der Waals surface area contributed by atoms with Crippen molar-refractivity contribution in [3.8, 4) is 22.3 Å². The van der Waals surface area contributed by atoms with Gasteiger partial charge >= 0.3 is 0 Å². The Labute approximate surface area is 219 Å². The molecule has 1 saturated carbocycles. The van der Waals surface area contributed by atoms with Crippen molar-refractivity contribution < 1.29 is 27.0 Å². The molecule has 166 valence electrons. The highest BCUT2D eigenvalue weighted by molar-refractivity contribution is 14.1. The van der Waals surface area contributed by atoms with Gasteiger partial charge in [-0.1, -0.05) is 86.5 Å². The van der Waals surface area contributed by atoms with E-state index in [4.69, 9.17) is 0 Å². The molecule has 3 heteroatoms. The molecular weight excluding hydrogens is 621 g/mol. The van der Waals surface area contributed by atoms with Gasteiger partial charge in [-0.05, 0) is 93.6 Å². The molecule has 1 unspecified atom stereocenters. The van der Waals surface area contributed by atoms with Crippen molar-refractivity contribution >= 4 is 22.6 Å². The molecule has 0 heterocycles. The third kappa shape index (κ3) is 6.22. The summed E-state index contributed by atoms with van der Waals surface area (Å²) in [6.07, 6.45) is 10.5. The lowest BCUT2D eigenvalue weighted by molar-refractivity contribution is -0.363. The molecule has 4 rings (SSSR count). The summed E-state index contributed by atoms with van der Waals surface area (Å²) in [6.45, 7) is 2.36. The number of hydrogen-bond donors (Lipinski definition) is 0. The molecule has 3 aromatic rings. The summed E-state index contributed by atoms with van der Waals surface area (Å²) in [5, 5.41) is 0. The van der Waals surface area contributed by atoms with Crippen LogP contribution in [0.3, 0.4) is 0 Å². The molecule has 0 N–H and O–H groups in total. The highest BCUT2D eigenvalue weighted by atomic mass is 127. The van der Waals surface area contributed by atoms with E-state index in [9.17, 15) is 0 Å². The lowest BCUT2D eigenvalue weighted by Crippen LogP contribution is -3.37. The van der Waals surface area contributed by atoms with E-state index in [-0.39, 0.29) is 5.82 Å². The monoisotopic (exact) mass is 651 g/mol. The zero-order valence-corrected chi connectivity index (χ0v) is 22.9. The average Bonchev–Trinajstić information content (AvgIpc) is 2.80. The predicted octanol–water partition coefficient (Wildman–Crippen LogP) is 5.60. The maximum atomic E-state index is 15.0. The molecule has 0 aromatic heterocycles. The zero-order valence-electron chi connectivity index (χ0n) is 18.4. The van der Waals surface area contributed by atoms with Gasteiger partial charge in [-0.25, -0.2) is 4.39 Å². The predicted molar refractivity (Wildman–Crippen MR) is 140 cm³/mol. The number of halogens is 3. The quantitative estimate of drug-likeness (QED) is 0.185. The molecule has 1 atom stereocenters. The van der Waals surface area contributed by atoms with Crippen molar-refractivity contribution in [2.75, 3.05) is 0 Å². The minimum Gasteiger partial charge on any atom is -0.206 e. The summed E-state index contributed by atoms with van der Waals surface area (Å²) >= 11 is 4.49. The summed E-state index contributed by atoms with van der Waals surface area (Å²) in [5.74, 6) is 1.38. The van der Waals surface area contributed by atoms with Gasteiger partial charge in [0, 0.05) is 5.56 Å². The second-order valence-corrected chi connectivity index (χ2v) is 14.4. The molecule has 1 aliphatic carbocycles. The van der Waals surface area contributed by atoms with Crippen LogP contribution in [-0.4, -0.2) is 1.93 Å². The van der Waals surface area contributed by atoms with Crippen LogP contribution in [0.5, 0.6) is 0 Å². The smallest absolute Gasteiger partial charge is 0.206 e. The van der Waals surface area contributed by atoms with Gasteiger partial charge in [-0.3, -0.25) is 0 Å². The van der Waals surface area contributed by atoms with E-state index in [1.165, 1.54) is 36.8 Å². The van der Waals surface area contributed by atoms with E-state index in [1.54, 1.807) is 6.07 Å². The fourth-order valence-electron chi connectivity index (χ4n) is 4.60. The first-order valence-electron chi connectivity index (χ1n) is 11.5. The van der Waals surface area contributed by atoms with Crippen LogP contribution in [0.15, 0.2) is 78.9 Å². The summed E-state index contributed by atoms with van der Waals surface area (Å²) < 4.78 is 15.6. The third-order valence-electron chi connectivity index (χ3n) is 6.61. The van der Waals surface area contributed by atoms with Crippen molar-refractivity contribution in [2.45, 2.75) is 46.9 Å². The third-order valence-corrected chi connectivity index (χ3v) is 7.47. The minimum atomic E-state index is -0.167. The summed E-state index contributed by atoms with van der Waals surface area (Å²) in [7, 11) is 0. The van der Waals surface area contributed by atoms with Gasteiger partial charge in [-0.2, -0.15) is 0 Å². The van der Waals surface area contributed by atoms with Gasteiger partial charge in [0.2, 0.25) is 1.93 Å². The van der Waals surface area contributed by atoms with Crippen molar-refractivity contribution in [3.63, 3.8) is 0 Å². The second kappa shape index (κ2) is 11.3. The molecule has 0 nitrogen and oxygen atoms in total. The topological polar surface area (TPSA) is 0 Å². The Morgan fingerprint density at radius 2 is 1.53 bits per heavy atom. The molecule has 0 amide bonds. The van der Waals surface area contributed by atoms with Crippen LogP contribution in [-0.2, 0) is 6.42 Å². The van der Waals surface area contributed by atoms with Crippen molar-refractivity contribution in [3.05, 3.63) is 95.8 Å². The molecule has 0 saturated heterocycles. The highest BCUT2D eigenvalue weighted by Crippen LogP contribution is 2.36. The van der Waals surface area contributed by atoms with Gasteiger partial charge in [0.1, 0.15) is 5.82 Å². The van der Waals surface area contributed by atoms with Gasteiger partial charge in [0.25, 0.3) is 22.6 Å². The Bertz CT molecular complexity index is 1040. The van der Waals surface area contributed by atoms with E-state index in [2.05, 4.69) is 101 Å². The minimum absolute atomic E-state index is 0.167. The maximum absolute atomic E-state index is 15.0. The Hall–Kier alpha value is -1.21. The molecule has 0 aliphatic heterocycles. The zero-order chi connectivity index (χ0) is 22.5. The highest BCUT2D eigenvalue weighted by Gasteiger charge is 2.19. The second-order valence-electron chi connectivity index (χ2n) is 8.95. The van der Waals surface area contributed by atoms with E-state index in [1.807, 2.05) is 24.3 Å². The Morgan fingerprint density at radius 3 is 2.16 bits per heavy atom. The SMILES string of the molecule is CC1CCC(c2ccc(-c3ccc(-c4ccc(CC=CC(I)[IH+])cc4)c(F)c3)cc2)CC1. The lowest BCUT2D eigenvalue weighted by atomic mass is 9.79. The molecule has 1 aliphatic rings. The Balaban J connectivity index is 1.46. The number of rotatable bonds is 6. The van der Waals surface area contributed by atoms with E-state index < -0.39 is 0 Å². The van der Waals surface area contributed by atoms with Crippen LogP contribution < -0.4 is 22.6 Å². The molecule has 0 bridgehead atoms. The molecular formula is C29H30FI2+. The fraction of sp³-hybridized carbons (Fsp3) is 0.310. The Morgan fingerprint density at radius 1 is 0.906 bits per heavy atom. The average molecular weight is 651 g/mol. The van der Waals surface area contributed by atoms with Crippen molar-refractivity contribution in [1.29, 1.82) is 0 Å². The molecule has 1 fully saturated rings. The van der Waals surface area contributed by atoms with Crippen LogP contribution >= 0.6 is 22.6 Å². The van der Waals surface area contributed by atoms with Crippen LogP contribution in [0.2, 0.25) is 0 Å². The summed E-state index contributed by atoms with van der Waals surface area (Å²) in [6, 6.07) is 22.6. The normalized spacial score (nSPS) is 19.9. The number of alkyl halides is 2. The van der Waals surface area contributed by atoms with Gasteiger partial charge in [0.15, 0.2) is 0 Å². The number of hydrogen-bond acceptors (Lipinski definition) is 0. The standard InChI is InChI=1S/C29H30FI2/c1-20-5-9-22(10-6-20)23-13-15-24(16-14-23)26-17-18-27(28(30)19-26)25-11-7-21(8-12-25)3-2-4-29(31)32/h2,4,7-8,11-20,22,29,31H,3,5-6,9-10H2,1H3/q+1. The van der Waals surface area contributed by atoms with Crippen molar-refractivity contribution in [2.24, 2.45) is 5.92 Å². The van der Waals surface area contributed by atoms with Gasteiger partial charge in [-0.15, -0.1) is 0 Å². The summed E-state index contributed by atoms with van der Waals surface area (Å²) in [5.41, 5.74) is 6.27. The first-order valence-corrected chi connectivity index (χ1v) is 14.0. The number of benzene rings is 3. The van der Waals surface area contributed by atoms with Gasteiger partial charge in [0.05, 0.1) is 0 Å². The van der Waals surface area contributed by atoms with E-state index in [0.717, 1.165) is 29.0 Å². The molecule has 32 heavy (non-hydrogen) atoms. The summed E-state index contributed by atoms with van der Waals surface area (Å²) in [4.78, 5) is 0. The van der Waals surface area contributed by atoms with Gasteiger partial charge < -0.3 is 0 Å². The maximum Gasteiger partial charge on any atom is 0.271 e. The van der Waals surface area contributed by atoms with Crippen molar-refractivity contribution in [1.82, 2.24) is 0 Å². The Kier molecular flexibility index (Phi) is 8.43. The van der Waals surface area contributed by atoms with Crippen LogP contribution in [0.25, 0.3) is 22.3 Å². The molecule has 3 aromatic carbocycles. The molecule has 0 radical (unpaired) electrons. The van der Waals surface area contributed by atoms with E-state index >= 15 is 4.39 Å². The number of allylic oxidation sites excluding steroid dienone is 2. The first-order chi connectivity index (χ1) is 15.5. The first kappa shape index (κ1) is 23.9. The largest absolute Gasteiger partial charge is 0.271 e. The van der Waals surface area contributed by atoms with E-state index in [0.29, 0.717) is 13.4 Å². The molecule has 0 spiro atoms. The van der Waals surface area contributed by atoms with Crippen LogP contribution in [0.1, 0.15) is 49.7 Å². The van der Waals surface area contributed by atoms with Crippen LogP contribution in [0, 0.1) is 11.7 Å². The van der Waals surface area contributed by atoms with Crippen LogP contribution in [0.4, 0.5) is 4.39 Å². The fourth-order valence-corrected chi connectivity index (χ4v) is 5.21.